The molecule has 4 rings (SSSR count). The molecule has 3 aromatic heterocycles. The summed E-state index contributed by atoms with van der Waals surface area (Å²) in [7, 11) is 0. The summed E-state index contributed by atoms with van der Waals surface area (Å²) in [6, 6.07) is 6.09. The van der Waals surface area contributed by atoms with Crippen LogP contribution in [0.4, 0.5) is 5.82 Å². The molecule has 0 N–H and O–H groups in total. The van der Waals surface area contributed by atoms with Crippen LogP contribution in [0.5, 0.6) is 0 Å². The number of hydrogen-bond donors (Lipinski definition) is 0. The largest absolute Gasteiger partial charge is 0.353 e. The zero-order valence-electron chi connectivity index (χ0n) is 13.4. The Bertz CT molecular complexity index is 840. The first-order valence-electron chi connectivity index (χ1n) is 7.98. The average Bonchev–Trinajstić information content (AvgIpc) is 2.98. The normalized spacial score (nSPS) is 16.0. The number of hydrogen-bond acceptors (Lipinski definition) is 6. The molecular formula is C17H18ClN5S. The first-order valence-corrected chi connectivity index (χ1v) is 9.17. The summed E-state index contributed by atoms with van der Waals surface area (Å²) < 4.78 is 0. The molecule has 0 aromatic carbocycles. The summed E-state index contributed by atoms with van der Waals surface area (Å²) >= 11 is 7.62. The van der Waals surface area contributed by atoms with Crippen molar-refractivity contribution in [2.45, 2.75) is 13.5 Å². The third-order valence-electron chi connectivity index (χ3n) is 4.28. The number of piperazine rings is 1. The number of fused-ring (bicyclic) bond motifs is 1. The van der Waals surface area contributed by atoms with E-state index in [4.69, 9.17) is 11.6 Å². The molecule has 124 valence electrons. The van der Waals surface area contributed by atoms with E-state index in [0.717, 1.165) is 49.1 Å². The Hall–Kier alpha value is -1.76. The van der Waals surface area contributed by atoms with E-state index in [9.17, 15) is 0 Å². The third-order valence-corrected chi connectivity index (χ3v) is 5.46. The van der Waals surface area contributed by atoms with Gasteiger partial charge in [0.05, 0.1) is 16.1 Å². The van der Waals surface area contributed by atoms with E-state index in [2.05, 4.69) is 37.7 Å². The van der Waals surface area contributed by atoms with Gasteiger partial charge in [0, 0.05) is 43.8 Å². The summed E-state index contributed by atoms with van der Waals surface area (Å²) in [5, 5.41) is 1.86. The standard InChI is InChI=1S/C17H18ClN5S/c1-12-8-15-16(20-11-21-17(15)24-12)23-6-4-22(5-7-23)10-14-3-2-13(18)9-19-14/h2-3,8-9,11H,4-7,10H2,1H3. The van der Waals surface area contributed by atoms with Crippen LogP contribution in [0.3, 0.4) is 0 Å². The molecule has 0 atom stereocenters. The molecule has 0 aliphatic carbocycles. The summed E-state index contributed by atoms with van der Waals surface area (Å²) in [5.41, 5.74) is 1.06. The van der Waals surface area contributed by atoms with Crippen LogP contribution in [-0.4, -0.2) is 46.0 Å². The minimum Gasteiger partial charge on any atom is -0.353 e. The monoisotopic (exact) mass is 359 g/mol. The number of nitrogens with zero attached hydrogens (tertiary/aromatic N) is 5. The Kier molecular flexibility index (Phi) is 4.35. The van der Waals surface area contributed by atoms with Crippen molar-refractivity contribution in [1.82, 2.24) is 19.9 Å². The second-order valence-corrected chi connectivity index (χ2v) is 7.68. The van der Waals surface area contributed by atoms with Crippen LogP contribution in [0.15, 0.2) is 30.7 Å². The highest BCUT2D eigenvalue weighted by Crippen LogP contribution is 2.30. The molecule has 1 aliphatic heterocycles. The molecule has 1 fully saturated rings. The van der Waals surface area contributed by atoms with Gasteiger partial charge in [0.25, 0.3) is 0 Å². The van der Waals surface area contributed by atoms with E-state index < -0.39 is 0 Å². The topological polar surface area (TPSA) is 45.2 Å². The van der Waals surface area contributed by atoms with Gasteiger partial charge >= 0.3 is 0 Å². The Balaban J connectivity index is 1.44. The van der Waals surface area contributed by atoms with Gasteiger partial charge in [0.15, 0.2) is 0 Å². The quantitative estimate of drug-likeness (QED) is 0.717. The second-order valence-electron chi connectivity index (χ2n) is 6.00. The van der Waals surface area contributed by atoms with E-state index >= 15 is 0 Å². The Morgan fingerprint density at radius 3 is 2.71 bits per heavy atom. The number of rotatable bonds is 3. The predicted molar refractivity (Wildman–Crippen MR) is 98.9 cm³/mol. The summed E-state index contributed by atoms with van der Waals surface area (Å²) in [6.07, 6.45) is 3.39. The van der Waals surface area contributed by atoms with Gasteiger partial charge in [-0.3, -0.25) is 9.88 Å². The number of aromatic nitrogens is 3. The van der Waals surface area contributed by atoms with Crippen LogP contribution in [0.2, 0.25) is 5.02 Å². The van der Waals surface area contributed by atoms with Crippen LogP contribution in [0, 0.1) is 6.92 Å². The Morgan fingerprint density at radius 1 is 1.12 bits per heavy atom. The van der Waals surface area contributed by atoms with Gasteiger partial charge in [-0.2, -0.15) is 0 Å². The molecule has 0 amide bonds. The molecule has 4 heterocycles. The van der Waals surface area contributed by atoms with Crippen molar-refractivity contribution in [1.29, 1.82) is 0 Å². The van der Waals surface area contributed by atoms with E-state index in [1.165, 1.54) is 10.3 Å². The molecule has 0 radical (unpaired) electrons. The SMILES string of the molecule is Cc1cc2c(N3CCN(Cc4ccc(Cl)cn4)CC3)ncnc2s1. The molecule has 5 nitrogen and oxygen atoms in total. The van der Waals surface area contributed by atoms with Gasteiger partial charge in [-0.05, 0) is 25.1 Å². The van der Waals surface area contributed by atoms with E-state index in [-0.39, 0.29) is 0 Å². The lowest BCUT2D eigenvalue weighted by Gasteiger charge is -2.35. The minimum atomic E-state index is 0.683. The second kappa shape index (κ2) is 6.63. The van der Waals surface area contributed by atoms with Gasteiger partial charge in [0.2, 0.25) is 0 Å². The number of thiophene rings is 1. The number of halogens is 1. The molecule has 1 aliphatic rings. The van der Waals surface area contributed by atoms with Crippen molar-refractivity contribution in [3.8, 4) is 0 Å². The Morgan fingerprint density at radius 2 is 1.96 bits per heavy atom. The average molecular weight is 360 g/mol. The summed E-state index contributed by atoms with van der Waals surface area (Å²) in [5.74, 6) is 1.06. The minimum absolute atomic E-state index is 0.683. The van der Waals surface area contributed by atoms with Crippen molar-refractivity contribution in [3.05, 3.63) is 46.3 Å². The van der Waals surface area contributed by atoms with Gasteiger partial charge in [-0.25, -0.2) is 9.97 Å². The summed E-state index contributed by atoms with van der Waals surface area (Å²) in [6.45, 7) is 6.91. The van der Waals surface area contributed by atoms with Gasteiger partial charge in [-0.15, -0.1) is 11.3 Å². The van der Waals surface area contributed by atoms with Crippen LogP contribution in [0.1, 0.15) is 10.6 Å². The van der Waals surface area contributed by atoms with Gasteiger partial charge in [0.1, 0.15) is 17.0 Å². The highest BCUT2D eigenvalue weighted by Gasteiger charge is 2.20. The number of anilines is 1. The maximum atomic E-state index is 5.90. The van der Waals surface area contributed by atoms with Crippen molar-refractivity contribution in [3.63, 3.8) is 0 Å². The smallest absolute Gasteiger partial charge is 0.140 e. The first-order chi connectivity index (χ1) is 11.7. The molecule has 7 heteroatoms. The molecule has 0 spiro atoms. The van der Waals surface area contributed by atoms with E-state index in [0.29, 0.717) is 5.02 Å². The number of aryl methyl sites for hydroxylation is 1. The first kappa shape index (κ1) is 15.7. The lowest BCUT2D eigenvalue weighted by atomic mass is 10.2. The highest BCUT2D eigenvalue weighted by atomic mass is 35.5. The summed E-state index contributed by atoms with van der Waals surface area (Å²) in [4.78, 5) is 20.4. The molecule has 3 aromatic rings. The fourth-order valence-corrected chi connectivity index (χ4v) is 4.02. The maximum absolute atomic E-state index is 5.90. The van der Waals surface area contributed by atoms with Gasteiger partial charge < -0.3 is 4.90 Å². The number of pyridine rings is 1. The maximum Gasteiger partial charge on any atom is 0.140 e. The lowest BCUT2D eigenvalue weighted by molar-refractivity contribution is 0.247. The van der Waals surface area contributed by atoms with Crippen molar-refractivity contribution in [2.75, 3.05) is 31.1 Å². The zero-order chi connectivity index (χ0) is 16.5. The highest BCUT2D eigenvalue weighted by molar-refractivity contribution is 7.18. The fourth-order valence-electron chi connectivity index (χ4n) is 3.06. The lowest BCUT2D eigenvalue weighted by Crippen LogP contribution is -2.46. The fraction of sp³-hybridized carbons (Fsp3) is 0.353. The van der Waals surface area contributed by atoms with Crippen LogP contribution in [-0.2, 0) is 6.54 Å². The van der Waals surface area contributed by atoms with Crippen LogP contribution < -0.4 is 4.90 Å². The van der Waals surface area contributed by atoms with Crippen LogP contribution in [0.25, 0.3) is 10.2 Å². The third kappa shape index (κ3) is 3.22. The molecule has 24 heavy (non-hydrogen) atoms. The molecule has 0 unspecified atom stereocenters. The van der Waals surface area contributed by atoms with Crippen molar-refractivity contribution >= 4 is 39.0 Å². The Labute approximate surface area is 149 Å². The van der Waals surface area contributed by atoms with E-state index in [1.807, 2.05) is 12.1 Å². The van der Waals surface area contributed by atoms with Crippen molar-refractivity contribution in [2.24, 2.45) is 0 Å². The molecule has 1 saturated heterocycles. The molecular weight excluding hydrogens is 342 g/mol. The zero-order valence-corrected chi connectivity index (χ0v) is 15.0. The van der Waals surface area contributed by atoms with Gasteiger partial charge in [-0.1, -0.05) is 11.6 Å². The molecule has 0 saturated carbocycles. The molecule has 0 bridgehead atoms. The predicted octanol–water partition coefficient (Wildman–Crippen LogP) is 3.37. The van der Waals surface area contributed by atoms with E-state index in [1.54, 1.807) is 23.9 Å². The van der Waals surface area contributed by atoms with Crippen LogP contribution >= 0.6 is 22.9 Å². The van der Waals surface area contributed by atoms with Crippen molar-refractivity contribution < 1.29 is 0 Å².